The first-order valence-corrected chi connectivity index (χ1v) is 5.37. The van der Waals surface area contributed by atoms with Crippen molar-refractivity contribution in [3.05, 3.63) is 11.6 Å². The summed E-state index contributed by atoms with van der Waals surface area (Å²) in [6.07, 6.45) is 9.12. The maximum atomic E-state index is 2.29. The van der Waals surface area contributed by atoms with Crippen LogP contribution in [0.15, 0.2) is 11.6 Å². The topological polar surface area (TPSA) is 0 Å². The second kappa shape index (κ2) is 7.39. The van der Waals surface area contributed by atoms with Crippen molar-refractivity contribution in [3.8, 4) is 0 Å². The Hall–Kier alpha value is -0.260. The van der Waals surface area contributed by atoms with Crippen molar-refractivity contribution >= 4 is 0 Å². The third kappa shape index (κ3) is 5.40. The van der Waals surface area contributed by atoms with Crippen LogP contribution in [0.2, 0.25) is 0 Å². The highest BCUT2D eigenvalue weighted by atomic mass is 14.1. The lowest BCUT2D eigenvalue weighted by Crippen LogP contribution is -1.93. The van der Waals surface area contributed by atoms with Gasteiger partial charge in [0.05, 0.1) is 0 Å². The van der Waals surface area contributed by atoms with Gasteiger partial charge in [-0.1, -0.05) is 51.7 Å². The van der Waals surface area contributed by atoms with E-state index in [9.17, 15) is 0 Å². The number of unbranched alkanes of at least 4 members (excludes halogenated alkanes) is 3. The zero-order valence-corrected chi connectivity index (χ0v) is 9.19. The third-order valence-electron chi connectivity index (χ3n) is 2.43. The first kappa shape index (κ1) is 11.7. The normalized spacial score (nSPS) is 12.6. The van der Waals surface area contributed by atoms with E-state index in [1.165, 1.54) is 32.1 Å². The summed E-state index contributed by atoms with van der Waals surface area (Å²) in [5, 5.41) is 0. The van der Waals surface area contributed by atoms with Gasteiger partial charge in [-0.3, -0.25) is 0 Å². The number of rotatable bonds is 6. The van der Waals surface area contributed by atoms with Crippen molar-refractivity contribution in [1.29, 1.82) is 0 Å². The maximum absolute atomic E-state index is 2.29. The summed E-state index contributed by atoms with van der Waals surface area (Å²) in [4.78, 5) is 0. The molecule has 72 valence electrons. The van der Waals surface area contributed by atoms with Crippen LogP contribution < -0.4 is 0 Å². The van der Waals surface area contributed by atoms with Gasteiger partial charge in [0.15, 0.2) is 0 Å². The Labute approximate surface area is 78.1 Å². The lowest BCUT2D eigenvalue weighted by Gasteiger charge is -2.09. The molecule has 0 aliphatic rings. The van der Waals surface area contributed by atoms with E-state index >= 15 is 0 Å². The van der Waals surface area contributed by atoms with Gasteiger partial charge in [-0.05, 0) is 25.7 Å². The average molecular weight is 168 g/mol. The highest BCUT2D eigenvalue weighted by Crippen LogP contribution is 2.17. The van der Waals surface area contributed by atoms with E-state index in [0.717, 1.165) is 5.92 Å². The Balaban J connectivity index is 3.47. The van der Waals surface area contributed by atoms with Gasteiger partial charge in [0.25, 0.3) is 0 Å². The summed E-state index contributed by atoms with van der Waals surface area (Å²) in [7, 11) is 0. The van der Waals surface area contributed by atoms with E-state index in [1.54, 1.807) is 5.57 Å². The quantitative estimate of drug-likeness (QED) is 0.403. The molecule has 0 rings (SSSR count). The van der Waals surface area contributed by atoms with Crippen LogP contribution in [-0.4, -0.2) is 0 Å². The molecule has 0 aromatic rings. The third-order valence-corrected chi connectivity index (χ3v) is 2.43. The number of hydrogen-bond acceptors (Lipinski definition) is 0. The van der Waals surface area contributed by atoms with E-state index in [-0.39, 0.29) is 0 Å². The van der Waals surface area contributed by atoms with Gasteiger partial charge in [0.1, 0.15) is 0 Å². The molecule has 0 atom stereocenters. The predicted octanol–water partition coefficient (Wildman–Crippen LogP) is 4.56. The monoisotopic (exact) mass is 168 g/mol. The largest absolute Gasteiger partial charge is 0.0882 e. The summed E-state index contributed by atoms with van der Waals surface area (Å²) in [6, 6.07) is 0. The van der Waals surface area contributed by atoms with Crippen LogP contribution in [-0.2, 0) is 0 Å². The molecular formula is C12H24. The average Bonchev–Trinajstić information content (AvgIpc) is 2.04. The van der Waals surface area contributed by atoms with Crippen molar-refractivity contribution in [2.75, 3.05) is 0 Å². The van der Waals surface area contributed by atoms with Gasteiger partial charge in [-0.2, -0.15) is 0 Å². The van der Waals surface area contributed by atoms with Crippen molar-refractivity contribution in [2.24, 2.45) is 5.92 Å². The maximum Gasteiger partial charge on any atom is -0.0260 e. The molecule has 0 saturated carbocycles. The Bertz CT molecular complexity index is 120. The standard InChI is InChI=1S/C12H24/c1-5-7-8-9-10-12(6-2)11(3)4/h6,11H,5,7-10H2,1-4H3. The first-order chi connectivity index (χ1) is 5.72. The summed E-state index contributed by atoms with van der Waals surface area (Å²) in [5.74, 6) is 0.747. The summed E-state index contributed by atoms with van der Waals surface area (Å²) < 4.78 is 0. The molecule has 0 radical (unpaired) electrons. The molecule has 0 heteroatoms. The van der Waals surface area contributed by atoms with E-state index < -0.39 is 0 Å². The molecule has 0 unspecified atom stereocenters. The molecule has 0 N–H and O–H groups in total. The van der Waals surface area contributed by atoms with Crippen molar-refractivity contribution in [1.82, 2.24) is 0 Å². The van der Waals surface area contributed by atoms with Crippen molar-refractivity contribution < 1.29 is 0 Å². The Kier molecular flexibility index (Phi) is 7.23. The molecule has 0 bridgehead atoms. The molecule has 0 aliphatic carbocycles. The second-order valence-corrected chi connectivity index (χ2v) is 3.83. The minimum Gasteiger partial charge on any atom is -0.0882 e. The highest BCUT2D eigenvalue weighted by molar-refractivity contribution is 5.02. The molecule has 0 aromatic carbocycles. The van der Waals surface area contributed by atoms with Crippen LogP contribution in [0.1, 0.15) is 59.8 Å². The van der Waals surface area contributed by atoms with Gasteiger partial charge in [-0.25, -0.2) is 0 Å². The van der Waals surface area contributed by atoms with E-state index in [4.69, 9.17) is 0 Å². The minimum atomic E-state index is 0.747. The van der Waals surface area contributed by atoms with Crippen LogP contribution in [0.3, 0.4) is 0 Å². The molecule has 0 spiro atoms. The zero-order chi connectivity index (χ0) is 9.40. The summed E-state index contributed by atoms with van der Waals surface area (Å²) in [5.41, 5.74) is 1.63. The first-order valence-electron chi connectivity index (χ1n) is 5.37. The molecule has 0 saturated heterocycles. The fraction of sp³-hybridized carbons (Fsp3) is 0.833. The SMILES string of the molecule is CC=C(CCCCCC)C(C)C. The number of allylic oxidation sites excluding steroid dienone is 2. The van der Waals surface area contributed by atoms with Crippen LogP contribution in [0.4, 0.5) is 0 Å². The van der Waals surface area contributed by atoms with Crippen molar-refractivity contribution in [2.45, 2.75) is 59.8 Å². The summed E-state index contributed by atoms with van der Waals surface area (Å²) in [6.45, 7) is 9.00. The molecule has 12 heavy (non-hydrogen) atoms. The Morgan fingerprint density at radius 2 is 1.83 bits per heavy atom. The van der Waals surface area contributed by atoms with Crippen LogP contribution in [0, 0.1) is 5.92 Å². The molecule has 0 amide bonds. The molecule has 0 aliphatic heterocycles. The fourth-order valence-electron chi connectivity index (χ4n) is 1.52. The van der Waals surface area contributed by atoms with Crippen LogP contribution >= 0.6 is 0 Å². The molecular weight excluding hydrogens is 144 g/mol. The minimum absolute atomic E-state index is 0.747. The smallest absolute Gasteiger partial charge is 0.0260 e. The lowest BCUT2D eigenvalue weighted by molar-refractivity contribution is 0.624. The van der Waals surface area contributed by atoms with Gasteiger partial charge < -0.3 is 0 Å². The van der Waals surface area contributed by atoms with E-state index in [0.29, 0.717) is 0 Å². The molecule has 0 aromatic heterocycles. The molecule has 0 fully saturated rings. The summed E-state index contributed by atoms with van der Waals surface area (Å²) >= 11 is 0. The number of hydrogen-bond donors (Lipinski definition) is 0. The van der Waals surface area contributed by atoms with Gasteiger partial charge in [-0.15, -0.1) is 0 Å². The van der Waals surface area contributed by atoms with Gasteiger partial charge in [0, 0.05) is 0 Å². The van der Waals surface area contributed by atoms with Crippen LogP contribution in [0.25, 0.3) is 0 Å². The predicted molar refractivity (Wildman–Crippen MR) is 57.4 cm³/mol. The fourth-order valence-corrected chi connectivity index (χ4v) is 1.52. The van der Waals surface area contributed by atoms with Gasteiger partial charge >= 0.3 is 0 Å². The van der Waals surface area contributed by atoms with Crippen molar-refractivity contribution in [3.63, 3.8) is 0 Å². The van der Waals surface area contributed by atoms with Crippen LogP contribution in [0.5, 0.6) is 0 Å². The Morgan fingerprint density at radius 3 is 2.25 bits per heavy atom. The highest BCUT2D eigenvalue weighted by Gasteiger charge is 2.00. The molecule has 0 heterocycles. The lowest BCUT2D eigenvalue weighted by atomic mass is 9.97. The van der Waals surface area contributed by atoms with E-state index in [1.807, 2.05) is 0 Å². The van der Waals surface area contributed by atoms with E-state index in [2.05, 4.69) is 33.8 Å². The van der Waals surface area contributed by atoms with Gasteiger partial charge in [0.2, 0.25) is 0 Å². The Morgan fingerprint density at radius 1 is 1.17 bits per heavy atom. The second-order valence-electron chi connectivity index (χ2n) is 3.83. The molecule has 0 nitrogen and oxygen atoms in total. The zero-order valence-electron chi connectivity index (χ0n) is 9.19.